The Morgan fingerprint density at radius 2 is 2.09 bits per heavy atom. The number of nitrogens with one attached hydrogen (secondary N) is 1. The molecule has 0 saturated carbocycles. The highest BCUT2D eigenvalue weighted by Crippen LogP contribution is 2.30. The molecule has 1 unspecified atom stereocenters. The Bertz CT molecular complexity index is 1220. The van der Waals surface area contributed by atoms with Crippen LogP contribution in [0.5, 0.6) is 0 Å². The molecule has 0 aliphatic carbocycles. The van der Waals surface area contributed by atoms with E-state index in [1.807, 2.05) is 35.0 Å². The number of piperidine rings is 1. The van der Waals surface area contributed by atoms with Gasteiger partial charge in [-0.05, 0) is 37.5 Å². The molecule has 0 radical (unpaired) electrons. The zero-order chi connectivity index (χ0) is 22.1. The van der Waals surface area contributed by atoms with Gasteiger partial charge >= 0.3 is 0 Å². The number of hydrogen-bond donors (Lipinski definition) is 1. The Labute approximate surface area is 195 Å². The van der Waals surface area contributed by atoms with Crippen LogP contribution in [0.2, 0.25) is 5.02 Å². The lowest BCUT2D eigenvalue weighted by Crippen LogP contribution is -2.43. The van der Waals surface area contributed by atoms with E-state index in [1.165, 1.54) is 5.56 Å². The summed E-state index contributed by atoms with van der Waals surface area (Å²) in [7, 11) is 0. The second-order valence-corrected chi connectivity index (χ2v) is 9.61. The lowest BCUT2D eigenvalue weighted by molar-refractivity contribution is -0.125. The Balaban J connectivity index is 1.25. The summed E-state index contributed by atoms with van der Waals surface area (Å²) in [4.78, 5) is 20.6. The van der Waals surface area contributed by atoms with Crippen LogP contribution in [-0.4, -0.2) is 33.6 Å². The number of anilines is 1. The highest BCUT2D eigenvalue weighted by molar-refractivity contribution is 7.20. The molecule has 1 saturated heterocycles. The number of benzene rings is 2. The predicted molar refractivity (Wildman–Crippen MR) is 129 cm³/mol. The average Bonchev–Trinajstić information content (AvgIpc) is 3.38. The fourth-order valence-electron chi connectivity index (χ4n) is 4.03. The van der Waals surface area contributed by atoms with Crippen LogP contribution in [0.25, 0.3) is 16.2 Å². The van der Waals surface area contributed by atoms with Gasteiger partial charge < -0.3 is 10.2 Å². The lowest BCUT2D eigenvalue weighted by Gasteiger charge is -2.31. The number of imidazole rings is 1. The van der Waals surface area contributed by atoms with Crippen LogP contribution in [0, 0.1) is 12.8 Å². The molecule has 0 bridgehead atoms. The van der Waals surface area contributed by atoms with Crippen molar-refractivity contribution in [3.63, 3.8) is 0 Å². The zero-order valence-electron chi connectivity index (χ0n) is 17.8. The van der Waals surface area contributed by atoms with Gasteiger partial charge in [-0.15, -0.1) is 5.10 Å². The number of carbonyl (C=O) groups excluding carboxylic acids is 1. The van der Waals surface area contributed by atoms with Crippen LogP contribution in [0.15, 0.2) is 54.7 Å². The van der Waals surface area contributed by atoms with E-state index in [9.17, 15) is 4.79 Å². The van der Waals surface area contributed by atoms with Gasteiger partial charge in [-0.25, -0.2) is 9.50 Å². The molecule has 1 fully saturated rings. The van der Waals surface area contributed by atoms with Crippen LogP contribution in [0.4, 0.5) is 5.13 Å². The zero-order valence-corrected chi connectivity index (χ0v) is 19.4. The van der Waals surface area contributed by atoms with Gasteiger partial charge in [0, 0.05) is 30.2 Å². The van der Waals surface area contributed by atoms with Crippen LogP contribution in [-0.2, 0) is 11.3 Å². The minimum atomic E-state index is -0.0534. The van der Waals surface area contributed by atoms with Crippen molar-refractivity contribution in [2.45, 2.75) is 26.3 Å². The number of hydrogen-bond acceptors (Lipinski definition) is 5. The Morgan fingerprint density at radius 1 is 1.25 bits per heavy atom. The van der Waals surface area contributed by atoms with Gasteiger partial charge in [-0.3, -0.25) is 4.79 Å². The van der Waals surface area contributed by atoms with Gasteiger partial charge in [-0.1, -0.05) is 64.9 Å². The largest absolute Gasteiger partial charge is 0.352 e. The summed E-state index contributed by atoms with van der Waals surface area (Å²) in [5.74, 6) is 0.0277. The van der Waals surface area contributed by atoms with Gasteiger partial charge in [-0.2, -0.15) is 0 Å². The average molecular weight is 466 g/mol. The Hall–Kier alpha value is -2.90. The third-order valence-corrected chi connectivity index (χ3v) is 7.02. The molecule has 0 spiro atoms. The third-order valence-electron chi connectivity index (χ3n) is 5.80. The number of amides is 1. The number of aromatic nitrogens is 3. The molecular weight excluding hydrogens is 442 g/mol. The quantitative estimate of drug-likeness (QED) is 0.453. The molecule has 8 heteroatoms. The van der Waals surface area contributed by atoms with Crippen molar-refractivity contribution >= 4 is 38.9 Å². The number of nitrogens with zero attached hydrogens (tertiary/aromatic N) is 4. The topological polar surface area (TPSA) is 62.5 Å². The first-order chi connectivity index (χ1) is 15.5. The molecule has 1 atom stereocenters. The van der Waals surface area contributed by atoms with Gasteiger partial charge in [0.15, 0.2) is 0 Å². The number of aryl methyl sites for hydroxylation is 1. The van der Waals surface area contributed by atoms with Gasteiger partial charge in [0.05, 0.1) is 17.8 Å². The molecule has 6 nitrogen and oxygen atoms in total. The third kappa shape index (κ3) is 4.49. The number of carbonyl (C=O) groups is 1. The summed E-state index contributed by atoms with van der Waals surface area (Å²) >= 11 is 7.61. The molecule has 32 heavy (non-hydrogen) atoms. The highest BCUT2D eigenvalue weighted by Gasteiger charge is 2.27. The summed E-state index contributed by atoms with van der Waals surface area (Å²) in [6.45, 7) is 4.14. The minimum Gasteiger partial charge on any atom is -0.352 e. The van der Waals surface area contributed by atoms with E-state index in [0.717, 1.165) is 46.3 Å². The molecule has 2 aromatic heterocycles. The lowest BCUT2D eigenvalue weighted by atomic mass is 9.97. The number of halogens is 1. The number of rotatable bonds is 5. The van der Waals surface area contributed by atoms with E-state index in [2.05, 4.69) is 41.4 Å². The van der Waals surface area contributed by atoms with E-state index >= 15 is 0 Å². The molecule has 1 aliphatic heterocycles. The van der Waals surface area contributed by atoms with Gasteiger partial charge in [0.1, 0.15) is 0 Å². The summed E-state index contributed by atoms with van der Waals surface area (Å²) < 4.78 is 1.85. The minimum absolute atomic E-state index is 0.0534. The van der Waals surface area contributed by atoms with E-state index in [1.54, 1.807) is 11.3 Å². The Morgan fingerprint density at radius 3 is 2.88 bits per heavy atom. The predicted octanol–water partition coefficient (Wildman–Crippen LogP) is 4.95. The maximum absolute atomic E-state index is 12.8. The SMILES string of the molecule is Cc1ccc(-c2cn3nc(N4CCCC(C(=O)NCc5cccc(Cl)c5)C4)sc3n2)cc1. The van der Waals surface area contributed by atoms with Crippen molar-refractivity contribution < 1.29 is 4.79 Å². The normalized spacial score (nSPS) is 16.4. The van der Waals surface area contributed by atoms with Crippen molar-refractivity contribution in [2.75, 3.05) is 18.0 Å². The maximum atomic E-state index is 12.8. The molecule has 4 aromatic rings. The molecule has 1 amide bonds. The van der Waals surface area contributed by atoms with E-state index in [0.29, 0.717) is 18.1 Å². The van der Waals surface area contributed by atoms with E-state index in [4.69, 9.17) is 21.7 Å². The monoisotopic (exact) mass is 465 g/mol. The first-order valence-electron chi connectivity index (χ1n) is 10.8. The van der Waals surface area contributed by atoms with Crippen molar-refractivity contribution in [1.29, 1.82) is 0 Å². The van der Waals surface area contributed by atoms with Gasteiger partial charge in [0.2, 0.25) is 16.0 Å². The molecule has 164 valence electrons. The fraction of sp³-hybridized carbons (Fsp3) is 0.292. The van der Waals surface area contributed by atoms with Crippen molar-refractivity contribution in [3.05, 3.63) is 70.9 Å². The smallest absolute Gasteiger partial charge is 0.225 e. The molecular formula is C24H24ClN5OS. The molecule has 2 aromatic carbocycles. The summed E-state index contributed by atoms with van der Waals surface area (Å²) in [5, 5.41) is 9.40. The molecule has 1 N–H and O–H groups in total. The summed E-state index contributed by atoms with van der Waals surface area (Å²) in [6.07, 6.45) is 3.82. The van der Waals surface area contributed by atoms with Crippen LogP contribution >= 0.6 is 22.9 Å². The van der Waals surface area contributed by atoms with E-state index < -0.39 is 0 Å². The Kier molecular flexibility index (Phi) is 5.85. The van der Waals surface area contributed by atoms with Crippen molar-refractivity contribution in [3.8, 4) is 11.3 Å². The summed E-state index contributed by atoms with van der Waals surface area (Å²) in [6, 6.07) is 15.9. The molecule has 1 aliphatic rings. The van der Waals surface area contributed by atoms with Crippen LogP contribution in [0.3, 0.4) is 0 Å². The second kappa shape index (κ2) is 8.92. The van der Waals surface area contributed by atoms with Crippen LogP contribution in [0.1, 0.15) is 24.0 Å². The summed E-state index contributed by atoms with van der Waals surface area (Å²) in [5.41, 5.74) is 4.24. The number of fused-ring (bicyclic) bond motifs is 1. The van der Waals surface area contributed by atoms with E-state index in [-0.39, 0.29) is 11.8 Å². The molecule has 3 heterocycles. The maximum Gasteiger partial charge on any atom is 0.225 e. The van der Waals surface area contributed by atoms with Crippen molar-refractivity contribution in [2.24, 2.45) is 5.92 Å². The standard InChI is InChI=1S/C24H24ClN5OS/c1-16-7-9-18(10-8-16)21-15-30-23(27-21)32-24(28-30)29-11-3-5-19(14-29)22(31)26-13-17-4-2-6-20(25)12-17/h2,4,6-10,12,15,19H,3,5,11,13-14H2,1H3,(H,26,31). The first kappa shape index (κ1) is 21.0. The van der Waals surface area contributed by atoms with Crippen LogP contribution < -0.4 is 10.2 Å². The highest BCUT2D eigenvalue weighted by atomic mass is 35.5. The van der Waals surface area contributed by atoms with Crippen molar-refractivity contribution in [1.82, 2.24) is 19.9 Å². The fourth-order valence-corrected chi connectivity index (χ4v) is 5.16. The first-order valence-corrected chi connectivity index (χ1v) is 11.9. The van der Waals surface area contributed by atoms with Gasteiger partial charge in [0.25, 0.3) is 0 Å². The second-order valence-electron chi connectivity index (χ2n) is 8.24. The molecule has 5 rings (SSSR count).